The number of hydrogen-bond acceptors (Lipinski definition) is 1. The Morgan fingerprint density at radius 3 is 1.50 bits per heavy atom. The van der Waals surface area contributed by atoms with Crippen molar-refractivity contribution in [1.29, 1.82) is 0 Å². The van der Waals surface area contributed by atoms with E-state index in [2.05, 4.69) is 228 Å². The summed E-state index contributed by atoms with van der Waals surface area (Å²) in [5.74, 6) is 0.180. The van der Waals surface area contributed by atoms with E-state index in [1.807, 2.05) is 0 Å². The predicted octanol–water partition coefficient (Wildman–Crippen LogP) is 14.0. The number of para-hydroxylation sites is 2. The molecule has 2 atom stereocenters. The second kappa shape index (κ2) is 13.3. The third-order valence-corrected chi connectivity index (χ3v) is 11.8. The van der Waals surface area contributed by atoms with Gasteiger partial charge in [-0.3, -0.25) is 0 Å². The molecule has 0 saturated heterocycles. The van der Waals surface area contributed by atoms with Gasteiger partial charge in [0.05, 0.1) is 17.3 Å². The highest BCUT2D eigenvalue weighted by Gasteiger charge is 2.43. The SMILES string of the molecule is C1=CC2C(c3ccccc3N2c2cccc(-c3ccc(-c4ccccc4)cc3)c2)c2c1n(-c1cccc(-c3ccc(-c4ccccc4)cc3)c1)c1ccccc21. The van der Waals surface area contributed by atoms with Crippen molar-refractivity contribution >= 4 is 28.4 Å². The Labute approximate surface area is 327 Å². The third kappa shape index (κ3) is 5.33. The zero-order valence-electron chi connectivity index (χ0n) is 30.8. The highest BCUT2D eigenvalue weighted by Crippen LogP contribution is 2.54. The van der Waals surface area contributed by atoms with Crippen LogP contribution in [0, 0.1) is 0 Å². The highest BCUT2D eigenvalue weighted by atomic mass is 15.2. The summed E-state index contributed by atoms with van der Waals surface area (Å²) in [4.78, 5) is 2.56. The molecule has 8 aromatic carbocycles. The lowest BCUT2D eigenvalue weighted by atomic mass is 9.82. The Morgan fingerprint density at radius 2 is 0.857 bits per heavy atom. The fourth-order valence-corrected chi connectivity index (χ4v) is 9.17. The summed E-state index contributed by atoms with van der Waals surface area (Å²) < 4.78 is 2.48. The number of anilines is 2. The quantitative estimate of drug-likeness (QED) is 0.166. The number of benzene rings is 8. The van der Waals surface area contributed by atoms with Crippen LogP contribution >= 0.6 is 0 Å². The second-order valence-corrected chi connectivity index (χ2v) is 14.9. The molecular formula is C54H38N2. The topological polar surface area (TPSA) is 8.17 Å². The molecule has 2 heterocycles. The molecule has 9 aromatic rings. The molecule has 2 heteroatoms. The Morgan fingerprint density at radius 1 is 0.375 bits per heavy atom. The molecule has 2 aliphatic rings. The summed E-state index contributed by atoms with van der Waals surface area (Å²) in [6, 6.07) is 75.3. The van der Waals surface area contributed by atoms with Crippen molar-refractivity contribution in [3.8, 4) is 50.2 Å². The van der Waals surface area contributed by atoms with E-state index in [4.69, 9.17) is 0 Å². The molecule has 0 saturated carbocycles. The Bertz CT molecular complexity index is 2900. The Balaban J connectivity index is 0.983. The van der Waals surface area contributed by atoms with Crippen LogP contribution in [0.4, 0.5) is 11.4 Å². The van der Waals surface area contributed by atoms with Gasteiger partial charge < -0.3 is 9.47 Å². The lowest BCUT2D eigenvalue weighted by molar-refractivity contribution is 0.725. The predicted molar refractivity (Wildman–Crippen MR) is 235 cm³/mol. The standard InChI is InChI=1S/C54H38N2/c1-3-13-37(14-4-1)39-25-29-41(30-26-39)43-17-11-19-45(35-43)55-49-23-9-7-21-47(49)53-51(55)33-34-52-54(53)48-22-8-10-24-50(48)56(52)46-20-12-18-44(36-46)42-31-27-40(28-32-42)38-15-5-2-6-16-38/h1-36,51,53H. The molecule has 1 aromatic heterocycles. The molecule has 264 valence electrons. The Hall–Kier alpha value is -7.16. The zero-order valence-corrected chi connectivity index (χ0v) is 30.8. The smallest absolute Gasteiger partial charge is 0.0637 e. The number of hydrogen-bond donors (Lipinski definition) is 0. The number of nitrogens with zero attached hydrogens (tertiary/aromatic N) is 2. The van der Waals surface area contributed by atoms with E-state index < -0.39 is 0 Å². The maximum Gasteiger partial charge on any atom is 0.0637 e. The lowest BCUT2D eigenvalue weighted by Crippen LogP contribution is -2.30. The van der Waals surface area contributed by atoms with Crippen LogP contribution in [-0.2, 0) is 0 Å². The summed E-state index contributed by atoms with van der Waals surface area (Å²) in [7, 11) is 0. The van der Waals surface area contributed by atoms with Crippen LogP contribution in [0.25, 0.3) is 67.2 Å². The van der Waals surface area contributed by atoms with Crippen molar-refractivity contribution in [2.24, 2.45) is 0 Å². The van der Waals surface area contributed by atoms with Crippen LogP contribution in [-0.4, -0.2) is 10.6 Å². The van der Waals surface area contributed by atoms with Gasteiger partial charge in [0, 0.05) is 28.4 Å². The maximum atomic E-state index is 2.56. The van der Waals surface area contributed by atoms with E-state index in [1.54, 1.807) is 0 Å². The maximum absolute atomic E-state index is 2.56. The van der Waals surface area contributed by atoms with Gasteiger partial charge in [0.2, 0.25) is 0 Å². The first-order valence-electron chi connectivity index (χ1n) is 19.5. The molecular weight excluding hydrogens is 677 g/mol. The van der Waals surface area contributed by atoms with Gasteiger partial charge in [-0.1, -0.05) is 176 Å². The van der Waals surface area contributed by atoms with Crippen LogP contribution in [0.5, 0.6) is 0 Å². The normalized spacial score (nSPS) is 15.4. The van der Waals surface area contributed by atoms with Crippen molar-refractivity contribution in [2.75, 3.05) is 4.90 Å². The van der Waals surface area contributed by atoms with Gasteiger partial charge in [-0.15, -0.1) is 0 Å². The van der Waals surface area contributed by atoms with E-state index in [0.29, 0.717) is 0 Å². The van der Waals surface area contributed by atoms with Crippen molar-refractivity contribution in [1.82, 2.24) is 4.57 Å². The summed E-state index contributed by atoms with van der Waals surface area (Å²) >= 11 is 0. The minimum Gasteiger partial charge on any atom is -0.333 e. The number of fused-ring (bicyclic) bond motifs is 7. The zero-order chi connectivity index (χ0) is 37.0. The molecule has 11 rings (SSSR count). The molecule has 0 fully saturated rings. The molecule has 0 radical (unpaired) electrons. The van der Waals surface area contributed by atoms with E-state index in [1.165, 1.54) is 89.3 Å². The summed E-state index contributed by atoms with van der Waals surface area (Å²) in [6.07, 6.45) is 4.82. The number of aromatic nitrogens is 1. The highest BCUT2D eigenvalue weighted by molar-refractivity contribution is 5.95. The van der Waals surface area contributed by atoms with Crippen molar-refractivity contribution in [2.45, 2.75) is 12.0 Å². The molecule has 0 N–H and O–H groups in total. The van der Waals surface area contributed by atoms with E-state index >= 15 is 0 Å². The molecule has 0 bridgehead atoms. The van der Waals surface area contributed by atoms with Crippen LogP contribution < -0.4 is 4.90 Å². The van der Waals surface area contributed by atoms with Crippen molar-refractivity contribution in [3.05, 3.63) is 229 Å². The molecule has 2 nitrogen and oxygen atoms in total. The van der Waals surface area contributed by atoms with Crippen LogP contribution in [0.3, 0.4) is 0 Å². The first-order chi connectivity index (χ1) is 27.8. The summed E-state index contributed by atoms with van der Waals surface area (Å²) in [5.41, 5.74) is 18.7. The average Bonchev–Trinajstić information content (AvgIpc) is 3.80. The van der Waals surface area contributed by atoms with Crippen LogP contribution in [0.2, 0.25) is 0 Å². The lowest BCUT2D eigenvalue weighted by Gasteiger charge is -2.31. The summed E-state index contributed by atoms with van der Waals surface area (Å²) in [5, 5.41) is 1.31. The monoisotopic (exact) mass is 714 g/mol. The first-order valence-corrected chi connectivity index (χ1v) is 19.5. The van der Waals surface area contributed by atoms with Gasteiger partial charge in [-0.2, -0.15) is 0 Å². The fourth-order valence-electron chi connectivity index (χ4n) is 9.17. The molecule has 2 unspecified atom stereocenters. The Kier molecular flexibility index (Phi) is 7.67. The molecule has 56 heavy (non-hydrogen) atoms. The summed E-state index contributed by atoms with van der Waals surface area (Å²) in [6.45, 7) is 0. The molecule has 1 aliphatic carbocycles. The van der Waals surface area contributed by atoms with Crippen LogP contribution in [0.1, 0.15) is 22.7 Å². The van der Waals surface area contributed by atoms with Gasteiger partial charge >= 0.3 is 0 Å². The third-order valence-electron chi connectivity index (χ3n) is 11.8. The minimum absolute atomic E-state index is 0.143. The minimum atomic E-state index is 0.143. The molecule has 0 spiro atoms. The van der Waals surface area contributed by atoms with E-state index in [-0.39, 0.29) is 12.0 Å². The average molecular weight is 715 g/mol. The van der Waals surface area contributed by atoms with Crippen molar-refractivity contribution < 1.29 is 0 Å². The first kappa shape index (κ1) is 32.3. The van der Waals surface area contributed by atoms with Gasteiger partial charge in [0.1, 0.15) is 0 Å². The van der Waals surface area contributed by atoms with Crippen LogP contribution in [0.15, 0.2) is 212 Å². The molecule has 0 amide bonds. The largest absolute Gasteiger partial charge is 0.333 e. The second-order valence-electron chi connectivity index (χ2n) is 14.9. The number of rotatable bonds is 6. The molecule has 1 aliphatic heterocycles. The van der Waals surface area contributed by atoms with E-state index in [9.17, 15) is 0 Å². The van der Waals surface area contributed by atoms with Gasteiger partial charge in [-0.05, 0) is 98.1 Å². The van der Waals surface area contributed by atoms with Crippen molar-refractivity contribution in [3.63, 3.8) is 0 Å². The van der Waals surface area contributed by atoms with Gasteiger partial charge in [-0.25, -0.2) is 0 Å². The fraction of sp³-hybridized carbons (Fsp3) is 0.0370. The van der Waals surface area contributed by atoms with E-state index in [0.717, 1.165) is 0 Å². The van der Waals surface area contributed by atoms with Gasteiger partial charge in [0.25, 0.3) is 0 Å². The van der Waals surface area contributed by atoms with Gasteiger partial charge in [0.15, 0.2) is 0 Å².